The van der Waals surface area contributed by atoms with Crippen LogP contribution in [0.5, 0.6) is 0 Å². The third-order valence-electron chi connectivity index (χ3n) is 3.95. The Balaban J connectivity index is 1.70. The molecule has 2 rings (SSSR count). The van der Waals surface area contributed by atoms with Gasteiger partial charge in [0.25, 0.3) is 0 Å². The average molecular weight is 258 g/mol. The van der Waals surface area contributed by atoms with Crippen molar-refractivity contribution in [2.45, 2.75) is 76.5 Å². The third kappa shape index (κ3) is 3.67. The van der Waals surface area contributed by atoms with Gasteiger partial charge in [0.15, 0.2) is 6.29 Å². The van der Waals surface area contributed by atoms with E-state index < -0.39 is 0 Å². The quantitative estimate of drug-likeness (QED) is 0.742. The van der Waals surface area contributed by atoms with Crippen molar-refractivity contribution in [1.29, 1.82) is 0 Å². The van der Waals surface area contributed by atoms with Crippen LogP contribution in [0.4, 0.5) is 0 Å². The summed E-state index contributed by atoms with van der Waals surface area (Å²) in [5.74, 6) is 0. The molecule has 2 fully saturated rings. The normalized spacial score (nSPS) is 36.7. The Bertz CT molecular complexity index is 273. The van der Waals surface area contributed by atoms with Gasteiger partial charge in [0, 0.05) is 6.61 Å². The van der Waals surface area contributed by atoms with Gasteiger partial charge in [0.1, 0.15) is 5.60 Å². The SMILES string of the molecule is CC(C)(CCC1OC1(C)CO)OC1CCCCO1. The summed E-state index contributed by atoms with van der Waals surface area (Å²) in [5, 5.41) is 9.15. The van der Waals surface area contributed by atoms with Gasteiger partial charge in [0.2, 0.25) is 0 Å². The van der Waals surface area contributed by atoms with Crippen molar-refractivity contribution in [2.75, 3.05) is 13.2 Å². The van der Waals surface area contributed by atoms with Crippen LogP contribution < -0.4 is 0 Å². The number of rotatable bonds is 6. The lowest BCUT2D eigenvalue weighted by molar-refractivity contribution is -0.217. The van der Waals surface area contributed by atoms with Crippen molar-refractivity contribution < 1.29 is 19.3 Å². The predicted molar refractivity (Wildman–Crippen MR) is 68.4 cm³/mol. The fourth-order valence-electron chi connectivity index (χ4n) is 2.49. The molecule has 0 spiro atoms. The van der Waals surface area contributed by atoms with Gasteiger partial charge in [0.05, 0.1) is 18.3 Å². The summed E-state index contributed by atoms with van der Waals surface area (Å²) in [7, 11) is 0. The van der Waals surface area contributed by atoms with E-state index in [0.717, 1.165) is 32.3 Å². The van der Waals surface area contributed by atoms with E-state index in [1.165, 1.54) is 6.42 Å². The van der Waals surface area contributed by atoms with Gasteiger partial charge in [-0.25, -0.2) is 0 Å². The summed E-state index contributed by atoms with van der Waals surface area (Å²) in [4.78, 5) is 0. The standard InChI is InChI=1S/C14H26O4/c1-13(2,18-12-6-4-5-9-16-12)8-7-11-14(3,10-15)17-11/h11-12,15H,4-10H2,1-3H3. The van der Waals surface area contributed by atoms with E-state index in [2.05, 4.69) is 13.8 Å². The van der Waals surface area contributed by atoms with Gasteiger partial charge in [-0.15, -0.1) is 0 Å². The summed E-state index contributed by atoms with van der Waals surface area (Å²) in [6.45, 7) is 7.07. The van der Waals surface area contributed by atoms with Crippen LogP contribution >= 0.6 is 0 Å². The van der Waals surface area contributed by atoms with Gasteiger partial charge in [-0.3, -0.25) is 0 Å². The Morgan fingerprint density at radius 1 is 1.39 bits per heavy atom. The Hall–Kier alpha value is -0.160. The molecule has 0 amide bonds. The molecule has 4 heteroatoms. The number of aliphatic hydroxyl groups excluding tert-OH is 1. The number of hydrogen-bond acceptors (Lipinski definition) is 4. The van der Waals surface area contributed by atoms with Crippen molar-refractivity contribution in [2.24, 2.45) is 0 Å². The van der Waals surface area contributed by atoms with E-state index in [1.54, 1.807) is 0 Å². The van der Waals surface area contributed by atoms with E-state index in [1.807, 2.05) is 6.92 Å². The lowest BCUT2D eigenvalue weighted by atomic mass is 9.97. The Labute approximate surface area is 110 Å². The second-order valence-electron chi connectivity index (χ2n) is 6.29. The highest BCUT2D eigenvalue weighted by atomic mass is 16.7. The van der Waals surface area contributed by atoms with Gasteiger partial charge in [-0.05, 0) is 52.9 Å². The summed E-state index contributed by atoms with van der Waals surface area (Å²) in [6, 6.07) is 0. The summed E-state index contributed by atoms with van der Waals surface area (Å²) >= 11 is 0. The molecule has 3 unspecified atom stereocenters. The molecule has 3 atom stereocenters. The minimum atomic E-state index is -0.308. The Kier molecular flexibility index (Phi) is 4.32. The van der Waals surface area contributed by atoms with Crippen molar-refractivity contribution >= 4 is 0 Å². The minimum Gasteiger partial charge on any atom is -0.393 e. The first-order chi connectivity index (χ1) is 8.45. The van der Waals surface area contributed by atoms with Gasteiger partial charge < -0.3 is 19.3 Å². The molecular formula is C14H26O4. The van der Waals surface area contributed by atoms with E-state index in [4.69, 9.17) is 19.3 Å². The second-order valence-corrected chi connectivity index (χ2v) is 6.29. The first-order valence-electron chi connectivity index (χ1n) is 7.03. The molecule has 18 heavy (non-hydrogen) atoms. The van der Waals surface area contributed by atoms with Gasteiger partial charge in [-0.1, -0.05) is 0 Å². The van der Waals surface area contributed by atoms with Crippen molar-refractivity contribution in [3.05, 3.63) is 0 Å². The molecule has 0 aromatic heterocycles. The van der Waals surface area contributed by atoms with E-state index in [-0.39, 0.29) is 30.2 Å². The van der Waals surface area contributed by atoms with Crippen molar-refractivity contribution in [1.82, 2.24) is 0 Å². The summed E-state index contributed by atoms with van der Waals surface area (Å²) in [6.07, 6.45) is 5.32. The minimum absolute atomic E-state index is 0.0434. The highest BCUT2D eigenvalue weighted by Crippen LogP contribution is 2.40. The molecule has 0 saturated carbocycles. The van der Waals surface area contributed by atoms with E-state index >= 15 is 0 Å². The largest absolute Gasteiger partial charge is 0.393 e. The molecule has 1 N–H and O–H groups in total. The van der Waals surface area contributed by atoms with Crippen LogP contribution in [0.2, 0.25) is 0 Å². The molecule has 2 aliphatic rings. The zero-order valence-electron chi connectivity index (χ0n) is 11.8. The van der Waals surface area contributed by atoms with Crippen LogP contribution in [0, 0.1) is 0 Å². The lowest BCUT2D eigenvalue weighted by Gasteiger charge is -2.32. The fourth-order valence-corrected chi connectivity index (χ4v) is 2.49. The smallest absolute Gasteiger partial charge is 0.158 e. The maximum atomic E-state index is 9.15. The maximum Gasteiger partial charge on any atom is 0.158 e. The van der Waals surface area contributed by atoms with Crippen LogP contribution in [0.15, 0.2) is 0 Å². The number of aliphatic hydroxyl groups is 1. The molecular weight excluding hydrogens is 232 g/mol. The Morgan fingerprint density at radius 3 is 2.72 bits per heavy atom. The molecule has 0 aromatic carbocycles. The molecule has 2 saturated heterocycles. The molecule has 0 aromatic rings. The molecule has 0 aliphatic carbocycles. The topological polar surface area (TPSA) is 51.2 Å². The second kappa shape index (κ2) is 5.45. The van der Waals surface area contributed by atoms with E-state index in [0.29, 0.717) is 0 Å². The molecule has 2 aliphatic heterocycles. The Morgan fingerprint density at radius 2 is 2.17 bits per heavy atom. The maximum absolute atomic E-state index is 9.15. The molecule has 2 heterocycles. The van der Waals surface area contributed by atoms with Crippen LogP contribution in [0.3, 0.4) is 0 Å². The first kappa shape index (κ1) is 14.3. The van der Waals surface area contributed by atoms with E-state index in [9.17, 15) is 0 Å². The predicted octanol–water partition coefficient (Wildman–Crippen LogP) is 2.24. The fraction of sp³-hybridized carbons (Fsp3) is 1.00. The van der Waals surface area contributed by atoms with Crippen LogP contribution in [0.1, 0.15) is 52.9 Å². The van der Waals surface area contributed by atoms with Crippen LogP contribution in [-0.2, 0) is 14.2 Å². The van der Waals surface area contributed by atoms with Gasteiger partial charge in [-0.2, -0.15) is 0 Å². The lowest BCUT2D eigenvalue weighted by Crippen LogP contribution is -2.34. The van der Waals surface area contributed by atoms with Crippen LogP contribution in [-0.4, -0.2) is 41.9 Å². The number of epoxide rings is 1. The number of hydrogen-bond donors (Lipinski definition) is 1. The number of ether oxygens (including phenoxy) is 3. The summed E-state index contributed by atoms with van der Waals surface area (Å²) in [5.41, 5.74) is -0.498. The molecule has 0 bridgehead atoms. The highest BCUT2D eigenvalue weighted by molar-refractivity contribution is 4.99. The van der Waals surface area contributed by atoms with Crippen molar-refractivity contribution in [3.8, 4) is 0 Å². The van der Waals surface area contributed by atoms with Crippen molar-refractivity contribution in [3.63, 3.8) is 0 Å². The molecule has 106 valence electrons. The first-order valence-corrected chi connectivity index (χ1v) is 7.03. The van der Waals surface area contributed by atoms with Crippen LogP contribution in [0.25, 0.3) is 0 Å². The highest BCUT2D eigenvalue weighted by Gasteiger charge is 2.51. The molecule has 4 nitrogen and oxygen atoms in total. The zero-order chi connectivity index (χ0) is 13.2. The summed E-state index contributed by atoms with van der Waals surface area (Å²) < 4.78 is 17.1. The average Bonchev–Trinajstić information content (AvgIpc) is 3.00. The molecule has 0 radical (unpaired) electrons. The third-order valence-corrected chi connectivity index (χ3v) is 3.95. The van der Waals surface area contributed by atoms with Gasteiger partial charge >= 0.3 is 0 Å². The monoisotopic (exact) mass is 258 g/mol. The zero-order valence-corrected chi connectivity index (χ0v) is 11.8.